The Balaban J connectivity index is 1.78. The molecular weight excluding hydrogens is 242 g/mol. The van der Waals surface area contributed by atoms with Crippen molar-refractivity contribution < 1.29 is 14.3 Å². The first-order chi connectivity index (χ1) is 9.33. The maximum absolute atomic E-state index is 12.1. The smallest absolute Gasteiger partial charge is 0.168 e. The van der Waals surface area contributed by atoms with Gasteiger partial charge in [-0.05, 0) is 29.8 Å². The molecule has 0 amide bonds. The minimum Gasteiger partial charge on any atom is -0.486 e. The summed E-state index contributed by atoms with van der Waals surface area (Å²) < 4.78 is 11.0. The van der Waals surface area contributed by atoms with Crippen LogP contribution in [0.2, 0.25) is 0 Å². The molecule has 3 rings (SSSR count). The molecule has 4 heteroatoms. The van der Waals surface area contributed by atoms with Crippen LogP contribution in [-0.2, 0) is 6.42 Å². The number of fused-ring (bicyclic) bond motifs is 1. The van der Waals surface area contributed by atoms with Crippen LogP contribution >= 0.6 is 0 Å². The molecule has 1 aromatic carbocycles. The normalized spacial score (nSPS) is 13.1. The molecule has 0 bridgehead atoms. The van der Waals surface area contributed by atoms with Crippen LogP contribution in [-0.4, -0.2) is 24.0 Å². The largest absolute Gasteiger partial charge is 0.486 e. The molecule has 0 spiro atoms. The Morgan fingerprint density at radius 2 is 2.00 bits per heavy atom. The summed E-state index contributed by atoms with van der Waals surface area (Å²) in [4.78, 5) is 16.0. The second-order valence-electron chi connectivity index (χ2n) is 4.32. The predicted octanol–water partition coefficient (Wildman–Crippen LogP) is 2.28. The number of pyridine rings is 1. The first-order valence-corrected chi connectivity index (χ1v) is 6.15. The number of nitrogens with zero attached hydrogens (tertiary/aromatic N) is 1. The van der Waals surface area contributed by atoms with Crippen molar-refractivity contribution in [2.24, 2.45) is 0 Å². The van der Waals surface area contributed by atoms with E-state index >= 15 is 0 Å². The van der Waals surface area contributed by atoms with Gasteiger partial charge in [-0.25, -0.2) is 0 Å². The van der Waals surface area contributed by atoms with Crippen LogP contribution in [0.15, 0.2) is 42.7 Å². The summed E-state index contributed by atoms with van der Waals surface area (Å²) in [6.45, 7) is 1.12. The van der Waals surface area contributed by atoms with Crippen molar-refractivity contribution in [1.82, 2.24) is 4.98 Å². The molecule has 4 nitrogen and oxygen atoms in total. The van der Waals surface area contributed by atoms with E-state index in [1.54, 1.807) is 24.5 Å². The Bertz CT molecular complexity index is 596. The van der Waals surface area contributed by atoms with Gasteiger partial charge >= 0.3 is 0 Å². The molecule has 1 aliphatic heterocycles. The van der Waals surface area contributed by atoms with Gasteiger partial charge in [0.15, 0.2) is 17.3 Å². The summed E-state index contributed by atoms with van der Waals surface area (Å²) in [5.74, 6) is 1.50. The number of ether oxygens (including phenoxy) is 2. The number of aromatic nitrogens is 1. The summed E-state index contributed by atoms with van der Waals surface area (Å²) in [6, 6.07) is 9.13. The molecule has 0 unspecified atom stereocenters. The van der Waals surface area contributed by atoms with Crippen molar-refractivity contribution in [2.75, 3.05) is 13.2 Å². The van der Waals surface area contributed by atoms with E-state index in [9.17, 15) is 4.79 Å². The molecule has 2 aromatic rings. The molecule has 0 saturated heterocycles. The van der Waals surface area contributed by atoms with Crippen molar-refractivity contribution in [2.45, 2.75) is 6.42 Å². The second kappa shape index (κ2) is 5.10. The minimum absolute atomic E-state index is 0.0461. The number of Topliss-reactive ketones (excluding diaryl/α,β-unsaturated/α-hetero) is 1. The number of carbonyl (C=O) groups excluding carboxylic acids is 1. The van der Waals surface area contributed by atoms with Crippen LogP contribution < -0.4 is 9.47 Å². The Hall–Kier alpha value is -2.36. The lowest BCUT2D eigenvalue weighted by atomic mass is 10.0. The van der Waals surface area contributed by atoms with E-state index in [-0.39, 0.29) is 5.78 Å². The average molecular weight is 255 g/mol. The Labute approximate surface area is 111 Å². The Morgan fingerprint density at radius 3 is 2.79 bits per heavy atom. The molecule has 0 aliphatic carbocycles. The third-order valence-corrected chi connectivity index (χ3v) is 2.95. The molecular formula is C15H13NO3. The van der Waals surface area contributed by atoms with Crippen LogP contribution in [0.4, 0.5) is 0 Å². The van der Waals surface area contributed by atoms with Gasteiger partial charge in [0.25, 0.3) is 0 Å². The van der Waals surface area contributed by atoms with Gasteiger partial charge in [-0.1, -0.05) is 6.07 Å². The maximum atomic E-state index is 12.1. The lowest BCUT2D eigenvalue weighted by Gasteiger charge is -2.18. The van der Waals surface area contributed by atoms with Crippen LogP contribution in [0, 0.1) is 0 Å². The van der Waals surface area contributed by atoms with Gasteiger partial charge in [-0.3, -0.25) is 9.78 Å². The standard InChI is InChI=1S/C15H13NO3/c17-13(12-2-1-5-16-10-12)8-11-3-4-14-15(9-11)19-7-6-18-14/h1-5,9-10H,6-8H2. The predicted molar refractivity (Wildman–Crippen MR) is 69.7 cm³/mol. The Kier molecular flexibility index (Phi) is 3.14. The van der Waals surface area contributed by atoms with Gasteiger partial charge < -0.3 is 9.47 Å². The highest BCUT2D eigenvalue weighted by Gasteiger charge is 2.13. The van der Waals surface area contributed by atoms with E-state index < -0.39 is 0 Å². The monoisotopic (exact) mass is 255 g/mol. The number of hydrogen-bond donors (Lipinski definition) is 0. The first kappa shape index (κ1) is 11.7. The highest BCUT2D eigenvalue weighted by atomic mass is 16.6. The van der Waals surface area contributed by atoms with E-state index in [0.717, 1.165) is 11.3 Å². The fourth-order valence-electron chi connectivity index (χ4n) is 2.01. The summed E-state index contributed by atoms with van der Waals surface area (Å²) in [5.41, 5.74) is 1.54. The summed E-state index contributed by atoms with van der Waals surface area (Å²) in [5, 5.41) is 0. The SMILES string of the molecule is O=C(Cc1ccc2c(c1)OCCO2)c1cccnc1. The van der Waals surface area contributed by atoms with Gasteiger partial charge in [-0.2, -0.15) is 0 Å². The van der Waals surface area contributed by atoms with Crippen molar-refractivity contribution in [3.8, 4) is 11.5 Å². The van der Waals surface area contributed by atoms with E-state index in [4.69, 9.17) is 9.47 Å². The van der Waals surface area contributed by atoms with Crippen LogP contribution in [0.3, 0.4) is 0 Å². The topological polar surface area (TPSA) is 48.4 Å². The van der Waals surface area contributed by atoms with E-state index in [0.29, 0.717) is 30.9 Å². The van der Waals surface area contributed by atoms with E-state index in [1.807, 2.05) is 18.2 Å². The van der Waals surface area contributed by atoms with Crippen molar-refractivity contribution >= 4 is 5.78 Å². The summed E-state index contributed by atoms with van der Waals surface area (Å²) in [7, 11) is 0. The second-order valence-corrected chi connectivity index (χ2v) is 4.32. The van der Waals surface area contributed by atoms with Crippen LogP contribution in [0.1, 0.15) is 15.9 Å². The van der Waals surface area contributed by atoms with E-state index in [2.05, 4.69) is 4.98 Å². The fourth-order valence-corrected chi connectivity index (χ4v) is 2.01. The van der Waals surface area contributed by atoms with Gasteiger partial charge in [0.1, 0.15) is 13.2 Å². The molecule has 19 heavy (non-hydrogen) atoms. The highest BCUT2D eigenvalue weighted by Crippen LogP contribution is 2.31. The minimum atomic E-state index is 0.0461. The molecule has 1 aromatic heterocycles. The van der Waals surface area contributed by atoms with Gasteiger partial charge in [0.2, 0.25) is 0 Å². The quantitative estimate of drug-likeness (QED) is 0.789. The van der Waals surface area contributed by atoms with Crippen molar-refractivity contribution in [1.29, 1.82) is 0 Å². The molecule has 0 N–H and O–H groups in total. The van der Waals surface area contributed by atoms with Crippen LogP contribution in [0.5, 0.6) is 11.5 Å². The Morgan fingerprint density at radius 1 is 1.16 bits per heavy atom. The molecule has 0 atom stereocenters. The zero-order valence-corrected chi connectivity index (χ0v) is 10.3. The highest BCUT2D eigenvalue weighted by molar-refractivity contribution is 5.97. The third kappa shape index (κ3) is 2.57. The molecule has 2 heterocycles. The number of ketones is 1. The zero-order chi connectivity index (χ0) is 13.1. The summed E-state index contributed by atoms with van der Waals surface area (Å²) in [6.07, 6.45) is 3.57. The van der Waals surface area contributed by atoms with Gasteiger partial charge in [0.05, 0.1) is 0 Å². The third-order valence-electron chi connectivity index (χ3n) is 2.95. The zero-order valence-electron chi connectivity index (χ0n) is 10.3. The molecule has 0 fully saturated rings. The number of hydrogen-bond acceptors (Lipinski definition) is 4. The van der Waals surface area contributed by atoms with E-state index in [1.165, 1.54) is 0 Å². The van der Waals surface area contributed by atoms with Crippen LogP contribution in [0.25, 0.3) is 0 Å². The van der Waals surface area contributed by atoms with Gasteiger partial charge in [0, 0.05) is 24.4 Å². The number of benzene rings is 1. The lowest BCUT2D eigenvalue weighted by Crippen LogP contribution is -2.15. The fraction of sp³-hybridized carbons (Fsp3) is 0.200. The van der Waals surface area contributed by atoms with Crippen molar-refractivity contribution in [3.05, 3.63) is 53.9 Å². The average Bonchev–Trinajstić information content (AvgIpc) is 2.48. The molecule has 96 valence electrons. The van der Waals surface area contributed by atoms with Crippen molar-refractivity contribution in [3.63, 3.8) is 0 Å². The molecule has 1 aliphatic rings. The summed E-state index contributed by atoms with van der Waals surface area (Å²) >= 11 is 0. The lowest BCUT2D eigenvalue weighted by molar-refractivity contribution is 0.0992. The molecule has 0 radical (unpaired) electrons. The molecule has 0 saturated carbocycles. The first-order valence-electron chi connectivity index (χ1n) is 6.15. The maximum Gasteiger partial charge on any atom is 0.168 e. The van der Waals surface area contributed by atoms with Gasteiger partial charge in [-0.15, -0.1) is 0 Å². The number of carbonyl (C=O) groups is 1. The number of rotatable bonds is 3.